The van der Waals surface area contributed by atoms with Crippen molar-refractivity contribution in [3.8, 4) is 11.8 Å². The predicted molar refractivity (Wildman–Crippen MR) is 83.0 cm³/mol. The first-order valence-electron chi connectivity index (χ1n) is 6.67. The number of oxazole rings is 1. The maximum atomic E-state index is 5.89. The minimum atomic E-state index is 0.415. The lowest BCUT2D eigenvalue weighted by Crippen LogP contribution is -1.92. The molecule has 0 saturated carbocycles. The Bertz CT molecular complexity index is 1060. The van der Waals surface area contributed by atoms with Gasteiger partial charge in [-0.05, 0) is 18.2 Å². The summed E-state index contributed by atoms with van der Waals surface area (Å²) < 4.78 is 5.45. The first kappa shape index (κ1) is 12.4. The Labute approximate surface area is 125 Å². The van der Waals surface area contributed by atoms with Gasteiger partial charge in [0, 0.05) is 18.7 Å². The molecule has 0 unspecified atom stereocenters. The van der Waals surface area contributed by atoms with Crippen LogP contribution in [0.1, 0.15) is 17.0 Å². The van der Waals surface area contributed by atoms with Crippen molar-refractivity contribution in [3.05, 3.63) is 47.7 Å². The zero-order valence-electron chi connectivity index (χ0n) is 11.7. The molecule has 3 N–H and O–H groups in total. The number of anilines is 1. The van der Waals surface area contributed by atoms with E-state index >= 15 is 0 Å². The molecule has 6 nitrogen and oxygen atoms in total. The summed E-state index contributed by atoms with van der Waals surface area (Å²) in [4.78, 5) is 15.5. The van der Waals surface area contributed by atoms with E-state index in [2.05, 4.69) is 31.8 Å². The van der Waals surface area contributed by atoms with Gasteiger partial charge in [-0.2, -0.15) is 0 Å². The van der Waals surface area contributed by atoms with Crippen LogP contribution in [-0.2, 0) is 0 Å². The van der Waals surface area contributed by atoms with Crippen molar-refractivity contribution in [1.82, 2.24) is 19.9 Å². The standard InChI is InChI=1S/C16H11N5O/c1-9-21-12-6-10(3-5-13(12)22-9)2-4-11-7-18-16-14(11)15(17)19-8-20-16/h3,5-8H,1H3,(H3,17,18,19,20). The zero-order valence-corrected chi connectivity index (χ0v) is 11.7. The summed E-state index contributed by atoms with van der Waals surface area (Å²) in [7, 11) is 0. The third-order valence-electron chi connectivity index (χ3n) is 3.34. The van der Waals surface area contributed by atoms with Crippen molar-refractivity contribution < 1.29 is 4.42 Å². The zero-order chi connectivity index (χ0) is 15.1. The molecule has 0 fully saturated rings. The molecular formula is C16H11N5O. The fourth-order valence-corrected chi connectivity index (χ4v) is 2.35. The van der Waals surface area contributed by atoms with Crippen molar-refractivity contribution in [2.45, 2.75) is 6.92 Å². The molecule has 4 aromatic rings. The molecule has 0 bridgehead atoms. The van der Waals surface area contributed by atoms with Gasteiger partial charge in [-0.3, -0.25) is 0 Å². The van der Waals surface area contributed by atoms with Crippen molar-refractivity contribution in [2.24, 2.45) is 0 Å². The Kier molecular flexibility index (Phi) is 2.60. The number of benzene rings is 1. The van der Waals surface area contributed by atoms with Crippen LogP contribution in [0.15, 0.2) is 35.1 Å². The van der Waals surface area contributed by atoms with E-state index < -0.39 is 0 Å². The molecular weight excluding hydrogens is 278 g/mol. The van der Waals surface area contributed by atoms with Crippen molar-refractivity contribution in [1.29, 1.82) is 0 Å². The molecule has 0 radical (unpaired) electrons. The van der Waals surface area contributed by atoms with Crippen LogP contribution in [0.25, 0.3) is 22.1 Å². The van der Waals surface area contributed by atoms with Crippen LogP contribution < -0.4 is 5.73 Å². The average Bonchev–Trinajstić information content (AvgIpc) is 3.07. The highest BCUT2D eigenvalue weighted by molar-refractivity contribution is 5.91. The van der Waals surface area contributed by atoms with Gasteiger partial charge in [-0.15, -0.1) is 0 Å². The molecule has 0 aliphatic carbocycles. The molecule has 0 aliphatic heterocycles. The SMILES string of the molecule is Cc1nc2cc(C#Cc3c[nH]c4ncnc(N)c34)ccc2o1. The molecule has 0 amide bonds. The Morgan fingerprint density at radius 3 is 3.05 bits per heavy atom. The number of nitrogens with one attached hydrogen (secondary N) is 1. The molecule has 6 heteroatoms. The number of nitrogens with zero attached hydrogens (tertiary/aromatic N) is 3. The van der Waals surface area contributed by atoms with Gasteiger partial charge in [0.1, 0.15) is 23.3 Å². The largest absolute Gasteiger partial charge is 0.441 e. The van der Waals surface area contributed by atoms with Crippen molar-refractivity contribution >= 4 is 28.0 Å². The van der Waals surface area contributed by atoms with Gasteiger partial charge in [0.05, 0.1) is 10.9 Å². The molecule has 106 valence electrons. The lowest BCUT2D eigenvalue weighted by molar-refractivity contribution is 0.561. The predicted octanol–water partition coefficient (Wildman–Crippen LogP) is 2.39. The van der Waals surface area contributed by atoms with E-state index in [0.717, 1.165) is 27.6 Å². The van der Waals surface area contributed by atoms with Gasteiger partial charge in [0.25, 0.3) is 0 Å². The topological polar surface area (TPSA) is 93.6 Å². The molecule has 4 rings (SSSR count). The first-order valence-corrected chi connectivity index (χ1v) is 6.67. The number of rotatable bonds is 0. The highest BCUT2D eigenvalue weighted by Crippen LogP contribution is 2.20. The number of hydrogen-bond donors (Lipinski definition) is 2. The number of aromatic amines is 1. The van der Waals surface area contributed by atoms with Gasteiger partial charge in [0.2, 0.25) is 0 Å². The summed E-state index contributed by atoms with van der Waals surface area (Å²) in [6, 6.07) is 5.66. The van der Waals surface area contributed by atoms with Crippen LogP contribution in [0.4, 0.5) is 5.82 Å². The Morgan fingerprint density at radius 1 is 1.23 bits per heavy atom. The molecule has 3 aromatic heterocycles. The maximum Gasteiger partial charge on any atom is 0.192 e. The van der Waals surface area contributed by atoms with Gasteiger partial charge < -0.3 is 15.1 Å². The van der Waals surface area contributed by atoms with E-state index in [9.17, 15) is 0 Å². The van der Waals surface area contributed by atoms with Crippen LogP contribution in [-0.4, -0.2) is 19.9 Å². The van der Waals surface area contributed by atoms with Gasteiger partial charge in [-0.1, -0.05) is 11.8 Å². The van der Waals surface area contributed by atoms with Crippen molar-refractivity contribution in [2.75, 3.05) is 5.73 Å². The second kappa shape index (κ2) is 4.60. The molecule has 0 aliphatic rings. The number of nitrogen functional groups attached to an aromatic ring is 1. The minimum Gasteiger partial charge on any atom is -0.441 e. The molecule has 22 heavy (non-hydrogen) atoms. The van der Waals surface area contributed by atoms with E-state index in [0.29, 0.717) is 17.4 Å². The van der Waals surface area contributed by atoms with Crippen LogP contribution in [0, 0.1) is 18.8 Å². The highest BCUT2D eigenvalue weighted by atomic mass is 16.3. The molecule has 0 saturated heterocycles. The van der Waals surface area contributed by atoms with E-state index in [1.54, 1.807) is 6.20 Å². The molecule has 1 aromatic carbocycles. The number of hydrogen-bond acceptors (Lipinski definition) is 5. The smallest absolute Gasteiger partial charge is 0.192 e. The fourth-order valence-electron chi connectivity index (χ4n) is 2.35. The van der Waals surface area contributed by atoms with Crippen LogP contribution in [0.3, 0.4) is 0 Å². The monoisotopic (exact) mass is 289 g/mol. The Morgan fingerprint density at radius 2 is 2.14 bits per heavy atom. The summed E-state index contributed by atoms with van der Waals surface area (Å²) in [5.41, 5.74) is 9.74. The van der Waals surface area contributed by atoms with Crippen LogP contribution >= 0.6 is 0 Å². The quantitative estimate of drug-likeness (QED) is 0.485. The Balaban J connectivity index is 1.80. The minimum absolute atomic E-state index is 0.415. The van der Waals surface area contributed by atoms with Gasteiger partial charge >= 0.3 is 0 Å². The van der Waals surface area contributed by atoms with Crippen molar-refractivity contribution in [3.63, 3.8) is 0 Å². The number of aromatic nitrogens is 4. The summed E-state index contributed by atoms with van der Waals surface area (Å²) in [5, 5.41) is 0.744. The second-order valence-electron chi connectivity index (χ2n) is 4.85. The average molecular weight is 289 g/mol. The summed E-state index contributed by atoms with van der Waals surface area (Å²) in [6.07, 6.45) is 3.20. The third-order valence-corrected chi connectivity index (χ3v) is 3.34. The molecule has 0 atom stereocenters. The van der Waals surface area contributed by atoms with E-state index in [1.807, 2.05) is 25.1 Å². The summed E-state index contributed by atoms with van der Waals surface area (Å²) >= 11 is 0. The van der Waals surface area contributed by atoms with Gasteiger partial charge in [0.15, 0.2) is 11.5 Å². The number of fused-ring (bicyclic) bond motifs is 2. The molecule has 0 spiro atoms. The fraction of sp³-hybridized carbons (Fsp3) is 0.0625. The third kappa shape index (κ3) is 1.96. The molecule has 3 heterocycles. The highest BCUT2D eigenvalue weighted by Gasteiger charge is 2.07. The van der Waals surface area contributed by atoms with Gasteiger partial charge in [-0.25, -0.2) is 15.0 Å². The first-order chi connectivity index (χ1) is 10.7. The summed E-state index contributed by atoms with van der Waals surface area (Å²) in [6.45, 7) is 1.82. The van der Waals surface area contributed by atoms with Crippen LogP contribution in [0.5, 0.6) is 0 Å². The van der Waals surface area contributed by atoms with Crippen LogP contribution in [0.2, 0.25) is 0 Å². The lowest BCUT2D eigenvalue weighted by Gasteiger charge is -1.94. The number of H-pyrrole nitrogens is 1. The number of nitrogens with two attached hydrogens (primary N) is 1. The lowest BCUT2D eigenvalue weighted by atomic mass is 10.2. The normalized spacial score (nSPS) is 10.8. The second-order valence-corrected chi connectivity index (χ2v) is 4.85. The number of aryl methyl sites for hydroxylation is 1. The van der Waals surface area contributed by atoms with E-state index in [4.69, 9.17) is 10.2 Å². The summed E-state index contributed by atoms with van der Waals surface area (Å²) in [5.74, 6) is 7.26. The Hall–Kier alpha value is -3.33. The van der Waals surface area contributed by atoms with E-state index in [1.165, 1.54) is 6.33 Å². The van der Waals surface area contributed by atoms with E-state index in [-0.39, 0.29) is 0 Å². The maximum absolute atomic E-state index is 5.89.